The summed E-state index contributed by atoms with van der Waals surface area (Å²) >= 11 is 0. The molecule has 0 saturated carbocycles. The summed E-state index contributed by atoms with van der Waals surface area (Å²) in [6.07, 6.45) is 4.03. The maximum Gasteiger partial charge on any atom is 0.446 e. The Morgan fingerprint density at radius 2 is 2.06 bits per heavy atom. The molecule has 18 heavy (non-hydrogen) atoms. The van der Waals surface area contributed by atoms with Crippen LogP contribution in [0.25, 0.3) is 6.08 Å². The summed E-state index contributed by atoms with van der Waals surface area (Å²) in [4.78, 5) is 0. The van der Waals surface area contributed by atoms with E-state index >= 15 is 0 Å². The zero-order valence-electron chi connectivity index (χ0n) is 9.74. The minimum atomic E-state index is -4.57. The van der Waals surface area contributed by atoms with Crippen molar-refractivity contribution in [1.82, 2.24) is 0 Å². The summed E-state index contributed by atoms with van der Waals surface area (Å²) in [6.45, 7) is 0.0532. The van der Waals surface area contributed by atoms with Crippen molar-refractivity contribution in [1.29, 1.82) is 0 Å². The van der Waals surface area contributed by atoms with Gasteiger partial charge in [-0.15, -0.1) is 0 Å². The number of ether oxygens (including phenoxy) is 1. The van der Waals surface area contributed by atoms with Crippen molar-refractivity contribution in [3.05, 3.63) is 29.8 Å². The molecule has 0 radical (unpaired) electrons. The van der Waals surface area contributed by atoms with E-state index in [4.69, 9.17) is 14.4 Å². The number of aliphatic hydroxyl groups excluding tert-OH is 1. The molecule has 0 saturated heterocycles. The molecule has 7 heteroatoms. The quantitative estimate of drug-likeness (QED) is 0.759. The third-order valence-electron chi connectivity index (χ3n) is 1.99. The summed E-state index contributed by atoms with van der Waals surface area (Å²) in [5.41, 5.74) is 0.753. The van der Waals surface area contributed by atoms with Gasteiger partial charge in [0.05, 0.1) is 7.11 Å². The third kappa shape index (κ3) is 4.74. The Hall–Kier alpha value is -1.57. The molecule has 0 fully saturated rings. The van der Waals surface area contributed by atoms with Crippen LogP contribution in [-0.4, -0.2) is 31.8 Å². The van der Waals surface area contributed by atoms with Crippen LogP contribution < -0.4 is 8.92 Å². The molecule has 0 unspecified atom stereocenters. The summed E-state index contributed by atoms with van der Waals surface area (Å²) in [5, 5.41) is 8.63. The van der Waals surface area contributed by atoms with E-state index in [-0.39, 0.29) is 18.1 Å². The van der Waals surface area contributed by atoms with Crippen LogP contribution in [0.5, 0.6) is 11.5 Å². The SMILES string of the molecule is COc1cc(C=CCCO)ccc1OS(=O)(=O)O. The van der Waals surface area contributed by atoms with Crippen molar-refractivity contribution < 1.29 is 27.0 Å². The Morgan fingerprint density at radius 1 is 1.33 bits per heavy atom. The van der Waals surface area contributed by atoms with E-state index in [1.54, 1.807) is 24.3 Å². The van der Waals surface area contributed by atoms with Crippen LogP contribution in [0.3, 0.4) is 0 Å². The zero-order chi connectivity index (χ0) is 13.6. The van der Waals surface area contributed by atoms with Crippen molar-refractivity contribution in [2.45, 2.75) is 6.42 Å². The Balaban J connectivity index is 2.96. The number of aliphatic hydroxyl groups is 1. The molecule has 1 aromatic rings. The number of methoxy groups -OCH3 is 1. The summed E-state index contributed by atoms with van der Waals surface area (Å²) in [7, 11) is -3.22. The molecule has 1 aromatic carbocycles. The van der Waals surface area contributed by atoms with Gasteiger partial charge in [0.15, 0.2) is 11.5 Å². The van der Waals surface area contributed by atoms with Crippen LogP contribution in [0, 0.1) is 0 Å². The van der Waals surface area contributed by atoms with Gasteiger partial charge < -0.3 is 14.0 Å². The molecule has 0 aliphatic heterocycles. The fourth-order valence-corrected chi connectivity index (χ4v) is 1.63. The minimum absolute atomic E-state index is 0.0532. The van der Waals surface area contributed by atoms with Gasteiger partial charge in [-0.2, -0.15) is 8.42 Å². The van der Waals surface area contributed by atoms with Crippen LogP contribution in [0.4, 0.5) is 0 Å². The van der Waals surface area contributed by atoms with Crippen LogP contribution >= 0.6 is 0 Å². The molecule has 0 amide bonds. The van der Waals surface area contributed by atoms with Gasteiger partial charge in [-0.25, -0.2) is 0 Å². The average molecular weight is 274 g/mol. The Kier molecular flexibility index (Phi) is 5.14. The first kappa shape index (κ1) is 14.5. The first-order chi connectivity index (χ1) is 8.46. The van der Waals surface area contributed by atoms with E-state index in [1.807, 2.05) is 0 Å². The highest BCUT2D eigenvalue weighted by Gasteiger charge is 2.12. The van der Waals surface area contributed by atoms with E-state index in [2.05, 4.69) is 4.18 Å². The monoisotopic (exact) mass is 274 g/mol. The molecule has 6 nitrogen and oxygen atoms in total. The first-order valence-electron chi connectivity index (χ1n) is 5.08. The van der Waals surface area contributed by atoms with Gasteiger partial charge in [0.25, 0.3) is 0 Å². The predicted molar refractivity (Wildman–Crippen MR) is 65.9 cm³/mol. The number of benzene rings is 1. The summed E-state index contributed by atoms with van der Waals surface area (Å²) in [5.74, 6) is 0.0816. The third-order valence-corrected chi connectivity index (χ3v) is 2.38. The van der Waals surface area contributed by atoms with E-state index in [0.717, 1.165) is 5.56 Å². The molecular weight excluding hydrogens is 260 g/mol. The average Bonchev–Trinajstić information content (AvgIpc) is 2.29. The van der Waals surface area contributed by atoms with E-state index < -0.39 is 10.4 Å². The fourth-order valence-electron chi connectivity index (χ4n) is 1.26. The summed E-state index contributed by atoms with van der Waals surface area (Å²) in [6, 6.07) is 4.51. The molecule has 0 spiro atoms. The Bertz CT molecular complexity index is 520. The van der Waals surface area contributed by atoms with E-state index in [0.29, 0.717) is 6.42 Å². The van der Waals surface area contributed by atoms with Crippen LogP contribution in [0.1, 0.15) is 12.0 Å². The van der Waals surface area contributed by atoms with Crippen LogP contribution in [0.2, 0.25) is 0 Å². The lowest BCUT2D eigenvalue weighted by Crippen LogP contribution is -2.07. The predicted octanol–water partition coefficient (Wildman–Crippen LogP) is 1.27. The standard InChI is InChI=1S/C11H14O6S/c1-16-11-8-9(4-2-3-7-12)5-6-10(11)17-18(13,14)15/h2,4-6,8,12H,3,7H2,1H3,(H,13,14,15). The second-order valence-electron chi connectivity index (χ2n) is 3.34. The van der Waals surface area contributed by atoms with E-state index in [9.17, 15) is 8.42 Å². The molecule has 100 valence electrons. The lowest BCUT2D eigenvalue weighted by Gasteiger charge is -2.08. The topological polar surface area (TPSA) is 93.1 Å². The van der Waals surface area contributed by atoms with Gasteiger partial charge in [-0.05, 0) is 24.1 Å². The lowest BCUT2D eigenvalue weighted by atomic mass is 10.2. The van der Waals surface area contributed by atoms with Gasteiger partial charge in [-0.3, -0.25) is 4.55 Å². The van der Waals surface area contributed by atoms with Crippen molar-refractivity contribution in [3.8, 4) is 11.5 Å². The van der Waals surface area contributed by atoms with Gasteiger partial charge >= 0.3 is 10.4 Å². The van der Waals surface area contributed by atoms with Gasteiger partial charge in [-0.1, -0.05) is 18.2 Å². The maximum atomic E-state index is 10.6. The van der Waals surface area contributed by atoms with Crippen LogP contribution in [0.15, 0.2) is 24.3 Å². The smallest absolute Gasteiger partial charge is 0.446 e. The highest BCUT2D eigenvalue weighted by atomic mass is 32.3. The molecule has 0 heterocycles. The lowest BCUT2D eigenvalue weighted by molar-refractivity contribution is 0.303. The highest BCUT2D eigenvalue weighted by molar-refractivity contribution is 7.81. The van der Waals surface area contributed by atoms with Gasteiger partial charge in [0.1, 0.15) is 0 Å². The van der Waals surface area contributed by atoms with Gasteiger partial charge in [0.2, 0.25) is 0 Å². The number of hydrogen-bond acceptors (Lipinski definition) is 5. The van der Waals surface area contributed by atoms with E-state index in [1.165, 1.54) is 13.2 Å². The van der Waals surface area contributed by atoms with Crippen LogP contribution in [-0.2, 0) is 10.4 Å². The Morgan fingerprint density at radius 3 is 2.61 bits per heavy atom. The molecular formula is C11H14O6S. The molecule has 0 atom stereocenters. The largest absolute Gasteiger partial charge is 0.493 e. The van der Waals surface area contributed by atoms with Gasteiger partial charge in [0, 0.05) is 6.61 Å². The number of hydrogen-bond donors (Lipinski definition) is 2. The molecule has 0 aromatic heterocycles. The molecule has 0 aliphatic carbocycles. The maximum absolute atomic E-state index is 10.6. The second-order valence-corrected chi connectivity index (χ2v) is 4.36. The molecule has 1 rings (SSSR count). The fraction of sp³-hybridized carbons (Fsp3) is 0.273. The highest BCUT2D eigenvalue weighted by Crippen LogP contribution is 2.29. The molecule has 0 aliphatic rings. The zero-order valence-corrected chi connectivity index (χ0v) is 10.6. The van der Waals surface area contributed by atoms with Crippen molar-refractivity contribution in [2.24, 2.45) is 0 Å². The first-order valence-corrected chi connectivity index (χ1v) is 6.45. The Labute approximate surface area is 105 Å². The van der Waals surface area contributed by atoms with Crippen molar-refractivity contribution in [2.75, 3.05) is 13.7 Å². The summed E-state index contributed by atoms with van der Waals surface area (Å²) < 4.78 is 39.1. The van der Waals surface area contributed by atoms with Crippen molar-refractivity contribution in [3.63, 3.8) is 0 Å². The minimum Gasteiger partial charge on any atom is -0.493 e. The normalized spacial score (nSPS) is 11.7. The molecule has 0 bridgehead atoms. The van der Waals surface area contributed by atoms with Crippen molar-refractivity contribution >= 4 is 16.5 Å². The number of rotatable bonds is 6. The second kappa shape index (κ2) is 6.39. The molecule has 2 N–H and O–H groups in total.